The van der Waals surface area contributed by atoms with Gasteiger partial charge in [-0.1, -0.05) is 30.7 Å². The highest BCUT2D eigenvalue weighted by Crippen LogP contribution is 2.35. The first-order valence-electron chi connectivity index (χ1n) is 10.5. The van der Waals surface area contributed by atoms with Crippen molar-refractivity contribution in [2.45, 2.75) is 43.8 Å². The van der Waals surface area contributed by atoms with Crippen LogP contribution < -0.4 is 5.32 Å². The Kier molecular flexibility index (Phi) is 5.71. The number of anilines is 1. The Balaban J connectivity index is 1.64. The molecule has 0 aliphatic carbocycles. The lowest BCUT2D eigenvalue weighted by atomic mass is 9.84. The monoisotopic (exact) mass is 406 g/mol. The topological polar surface area (TPSA) is 31.4 Å². The van der Waals surface area contributed by atoms with Crippen LogP contribution in [0.1, 0.15) is 37.8 Å². The normalized spacial score (nSPS) is 21.4. The van der Waals surface area contributed by atoms with Gasteiger partial charge in [-0.2, -0.15) is 13.2 Å². The van der Waals surface area contributed by atoms with Crippen LogP contribution >= 0.6 is 0 Å². The fourth-order valence-corrected chi connectivity index (χ4v) is 4.73. The number of aromatic nitrogens is 1. The molecule has 0 bridgehead atoms. The van der Waals surface area contributed by atoms with E-state index in [4.69, 9.17) is 0 Å². The number of likely N-dealkylation sites (tertiary alicyclic amines) is 2. The number of nitrogens with one attached hydrogen (secondary N) is 1. The van der Waals surface area contributed by atoms with Gasteiger partial charge in [-0.3, -0.25) is 4.90 Å². The maximum absolute atomic E-state index is 13.4. The molecule has 2 aliphatic heterocycles. The van der Waals surface area contributed by atoms with Crippen molar-refractivity contribution >= 4 is 16.6 Å². The van der Waals surface area contributed by atoms with Gasteiger partial charge < -0.3 is 10.2 Å². The number of alkyl halides is 3. The van der Waals surface area contributed by atoms with E-state index in [1.807, 2.05) is 12.1 Å². The molecular formula is C22H29F3N4. The number of rotatable bonds is 4. The summed E-state index contributed by atoms with van der Waals surface area (Å²) in [5.41, 5.74) is -0.863. The average molecular weight is 406 g/mol. The minimum Gasteiger partial charge on any atom is -0.368 e. The van der Waals surface area contributed by atoms with Crippen LogP contribution in [0.15, 0.2) is 30.3 Å². The van der Waals surface area contributed by atoms with Gasteiger partial charge in [0.2, 0.25) is 0 Å². The van der Waals surface area contributed by atoms with Gasteiger partial charge in [0, 0.05) is 17.5 Å². The van der Waals surface area contributed by atoms with Gasteiger partial charge in [0.15, 0.2) is 0 Å². The summed E-state index contributed by atoms with van der Waals surface area (Å²) in [5, 5.41) is 4.65. The minimum absolute atomic E-state index is 0.0239. The predicted octanol–water partition coefficient (Wildman–Crippen LogP) is 4.62. The quantitative estimate of drug-likeness (QED) is 0.803. The Labute approximate surface area is 170 Å². The minimum atomic E-state index is -4.46. The summed E-state index contributed by atoms with van der Waals surface area (Å²) in [6, 6.07) is 8.30. The van der Waals surface area contributed by atoms with E-state index >= 15 is 0 Å². The van der Waals surface area contributed by atoms with E-state index in [2.05, 4.69) is 27.1 Å². The number of fused-ring (bicyclic) bond motifs is 1. The van der Waals surface area contributed by atoms with E-state index in [9.17, 15) is 13.2 Å². The van der Waals surface area contributed by atoms with Gasteiger partial charge in [0.1, 0.15) is 11.5 Å². The molecule has 29 heavy (non-hydrogen) atoms. The van der Waals surface area contributed by atoms with E-state index in [-0.39, 0.29) is 5.54 Å². The fourth-order valence-electron chi connectivity index (χ4n) is 4.73. The molecule has 0 radical (unpaired) electrons. The molecule has 2 aliphatic rings. The maximum atomic E-state index is 13.4. The van der Waals surface area contributed by atoms with Crippen LogP contribution in [0.5, 0.6) is 0 Å². The second-order valence-electron chi connectivity index (χ2n) is 8.50. The summed E-state index contributed by atoms with van der Waals surface area (Å²) >= 11 is 0. The third kappa shape index (κ3) is 4.36. The van der Waals surface area contributed by atoms with Crippen molar-refractivity contribution < 1.29 is 13.2 Å². The zero-order chi connectivity index (χ0) is 20.5. The van der Waals surface area contributed by atoms with Crippen molar-refractivity contribution in [3.63, 3.8) is 0 Å². The number of halogens is 3. The van der Waals surface area contributed by atoms with Gasteiger partial charge >= 0.3 is 6.18 Å². The molecule has 1 aromatic carbocycles. The zero-order valence-corrected chi connectivity index (χ0v) is 16.9. The Morgan fingerprint density at radius 1 is 1.03 bits per heavy atom. The van der Waals surface area contributed by atoms with Crippen LogP contribution in [0.3, 0.4) is 0 Å². The fraction of sp³-hybridized carbons (Fsp3) is 0.591. The van der Waals surface area contributed by atoms with Crippen LogP contribution in [0.25, 0.3) is 10.8 Å². The highest BCUT2D eigenvalue weighted by molar-refractivity contribution is 5.92. The molecule has 1 N–H and O–H groups in total. The lowest BCUT2D eigenvalue weighted by Gasteiger charge is -2.50. The molecule has 0 atom stereocenters. The second kappa shape index (κ2) is 8.11. The lowest BCUT2D eigenvalue weighted by Crippen LogP contribution is -2.59. The summed E-state index contributed by atoms with van der Waals surface area (Å²) < 4.78 is 40.2. The van der Waals surface area contributed by atoms with Gasteiger partial charge in [-0.05, 0) is 70.4 Å². The molecule has 0 saturated carbocycles. The van der Waals surface area contributed by atoms with Crippen LogP contribution in [-0.4, -0.2) is 60.1 Å². The number of nitrogens with zero attached hydrogens (tertiary/aromatic N) is 3. The molecule has 7 heteroatoms. The van der Waals surface area contributed by atoms with Crippen molar-refractivity contribution in [3.05, 3.63) is 36.0 Å². The molecule has 2 fully saturated rings. The molecular weight excluding hydrogens is 377 g/mol. The van der Waals surface area contributed by atoms with E-state index < -0.39 is 11.9 Å². The van der Waals surface area contributed by atoms with E-state index in [1.54, 1.807) is 12.1 Å². The number of hydrogen-bond acceptors (Lipinski definition) is 4. The number of piperidine rings is 2. The molecule has 0 amide bonds. The molecule has 2 saturated heterocycles. The predicted molar refractivity (Wildman–Crippen MR) is 110 cm³/mol. The van der Waals surface area contributed by atoms with E-state index in [0.717, 1.165) is 50.5 Å². The van der Waals surface area contributed by atoms with Crippen LogP contribution in [0.2, 0.25) is 0 Å². The molecule has 0 unspecified atom stereocenters. The average Bonchev–Trinajstić information content (AvgIpc) is 2.73. The number of pyridine rings is 1. The van der Waals surface area contributed by atoms with Gasteiger partial charge in [-0.15, -0.1) is 0 Å². The summed E-state index contributed by atoms with van der Waals surface area (Å²) in [5.74, 6) is 0.339. The molecule has 4 nitrogen and oxygen atoms in total. The van der Waals surface area contributed by atoms with Gasteiger partial charge in [0.05, 0.1) is 0 Å². The largest absolute Gasteiger partial charge is 0.433 e. The molecule has 3 heterocycles. The van der Waals surface area contributed by atoms with Gasteiger partial charge in [-0.25, -0.2) is 4.98 Å². The first-order valence-corrected chi connectivity index (χ1v) is 10.5. The first kappa shape index (κ1) is 20.4. The third-order valence-corrected chi connectivity index (χ3v) is 6.56. The summed E-state index contributed by atoms with van der Waals surface area (Å²) in [4.78, 5) is 8.89. The summed E-state index contributed by atoms with van der Waals surface area (Å²) in [7, 11) is 2.13. The van der Waals surface area contributed by atoms with Gasteiger partial charge in [0.25, 0.3) is 0 Å². The molecule has 2 aromatic rings. The van der Waals surface area contributed by atoms with Crippen LogP contribution in [-0.2, 0) is 6.18 Å². The second-order valence-corrected chi connectivity index (χ2v) is 8.50. The zero-order valence-electron chi connectivity index (χ0n) is 16.9. The molecule has 158 valence electrons. The summed E-state index contributed by atoms with van der Waals surface area (Å²) in [6.07, 6.45) is 1.24. The molecule has 1 aromatic heterocycles. The van der Waals surface area contributed by atoms with Crippen LogP contribution in [0, 0.1) is 0 Å². The highest BCUT2D eigenvalue weighted by atomic mass is 19.4. The first-order chi connectivity index (χ1) is 13.9. The standard InChI is InChI=1S/C22H29F3N4/c1-28-13-9-21(10-14-28,29-11-5-2-6-12-29)16-26-20-18-8-4-3-7-17(18)15-19(27-20)22(23,24)25/h3-4,7-8,15H,2,5-6,9-14,16H2,1H3,(H,26,27). The molecule has 4 rings (SSSR count). The SMILES string of the molecule is CN1CCC(CNc2nc(C(F)(F)F)cc3ccccc23)(N2CCCCC2)CC1. The lowest BCUT2D eigenvalue weighted by molar-refractivity contribution is -0.140. The van der Waals surface area contributed by atoms with Crippen molar-refractivity contribution in [3.8, 4) is 0 Å². The highest BCUT2D eigenvalue weighted by Gasteiger charge is 2.40. The number of hydrogen-bond donors (Lipinski definition) is 1. The third-order valence-electron chi connectivity index (χ3n) is 6.56. The van der Waals surface area contributed by atoms with Crippen molar-refractivity contribution in [1.82, 2.24) is 14.8 Å². The van der Waals surface area contributed by atoms with Crippen LogP contribution in [0.4, 0.5) is 19.0 Å². The Bertz CT molecular complexity index is 838. The van der Waals surface area contributed by atoms with E-state index in [1.165, 1.54) is 19.3 Å². The Morgan fingerprint density at radius 3 is 2.41 bits per heavy atom. The maximum Gasteiger partial charge on any atom is 0.433 e. The van der Waals surface area contributed by atoms with Crippen molar-refractivity contribution in [1.29, 1.82) is 0 Å². The smallest absolute Gasteiger partial charge is 0.368 e. The van der Waals surface area contributed by atoms with Crippen molar-refractivity contribution in [2.24, 2.45) is 0 Å². The van der Waals surface area contributed by atoms with Crippen molar-refractivity contribution in [2.75, 3.05) is 45.1 Å². The summed E-state index contributed by atoms with van der Waals surface area (Å²) in [6.45, 7) is 4.79. The Hall–Kier alpha value is -1.86. The Morgan fingerprint density at radius 2 is 1.72 bits per heavy atom. The van der Waals surface area contributed by atoms with E-state index in [0.29, 0.717) is 17.7 Å². The number of benzene rings is 1. The molecule has 0 spiro atoms.